The Balaban J connectivity index is 1.41. The zero-order valence-corrected chi connectivity index (χ0v) is 17.6. The molecule has 28 heavy (non-hydrogen) atoms. The predicted molar refractivity (Wildman–Crippen MR) is 107 cm³/mol. The molecule has 4 aliphatic rings. The van der Waals surface area contributed by atoms with Gasteiger partial charge in [-0.1, -0.05) is 19.0 Å². The second kappa shape index (κ2) is 6.17. The minimum atomic E-state index is -0.457. The lowest BCUT2D eigenvalue weighted by molar-refractivity contribution is -0.144. The normalized spacial score (nSPS) is 50.5. The Morgan fingerprint density at radius 2 is 1.82 bits per heavy atom. The van der Waals surface area contributed by atoms with E-state index in [1.807, 2.05) is 13.0 Å². The topological polar surface area (TPSA) is 63.3 Å². The standard InChI is InChI=1S/C24H35NO3/c1-22(27)10-11-23(2)15(13-22)4-5-17-18-6-7-20(21-12-16(14-26)25-28-21)24(18,3)9-8-19(17)23/h12,14-15,17-20,27H,4-11,13H2,1-3H3/t15?,17-,18-,19+,20?,22?,23-,24-/m0/s1. The van der Waals surface area contributed by atoms with Crippen molar-refractivity contribution >= 4 is 6.29 Å². The summed E-state index contributed by atoms with van der Waals surface area (Å²) in [6.07, 6.45) is 11.5. The van der Waals surface area contributed by atoms with Gasteiger partial charge in [0.05, 0.1) is 5.60 Å². The number of aromatic nitrogens is 1. The third-order valence-electron chi connectivity index (χ3n) is 9.96. The summed E-state index contributed by atoms with van der Waals surface area (Å²) >= 11 is 0. The summed E-state index contributed by atoms with van der Waals surface area (Å²) in [7, 11) is 0. The van der Waals surface area contributed by atoms with E-state index >= 15 is 0 Å². The summed E-state index contributed by atoms with van der Waals surface area (Å²) < 4.78 is 5.61. The van der Waals surface area contributed by atoms with Gasteiger partial charge in [0.25, 0.3) is 0 Å². The first-order valence-electron chi connectivity index (χ1n) is 11.4. The van der Waals surface area contributed by atoms with Gasteiger partial charge in [0.1, 0.15) is 11.5 Å². The van der Waals surface area contributed by atoms with E-state index in [4.69, 9.17) is 4.52 Å². The molecular weight excluding hydrogens is 350 g/mol. The molecule has 1 heterocycles. The first-order chi connectivity index (χ1) is 13.3. The molecule has 4 nitrogen and oxygen atoms in total. The Kier molecular flexibility index (Phi) is 4.15. The minimum Gasteiger partial charge on any atom is -0.390 e. The van der Waals surface area contributed by atoms with Crippen LogP contribution in [0.5, 0.6) is 0 Å². The van der Waals surface area contributed by atoms with Crippen LogP contribution >= 0.6 is 0 Å². The predicted octanol–water partition coefficient (Wildman–Crippen LogP) is 5.36. The SMILES string of the molecule is CC1(O)CC[C@@]2(C)C(CC[C@@H]3[C@H]2CC[C@]2(C)C(c4cc(C=O)no4)CC[C@@H]32)C1. The molecule has 1 aromatic heterocycles. The van der Waals surface area contributed by atoms with Crippen molar-refractivity contribution in [2.24, 2.45) is 34.5 Å². The molecule has 0 bridgehead atoms. The summed E-state index contributed by atoms with van der Waals surface area (Å²) in [6, 6.07) is 1.87. The summed E-state index contributed by atoms with van der Waals surface area (Å²) in [5, 5.41) is 14.6. The van der Waals surface area contributed by atoms with Crippen molar-refractivity contribution in [1.82, 2.24) is 5.16 Å². The zero-order valence-electron chi connectivity index (χ0n) is 17.6. The third kappa shape index (κ3) is 2.59. The van der Waals surface area contributed by atoms with Crippen LogP contribution in [-0.2, 0) is 0 Å². The summed E-state index contributed by atoms with van der Waals surface area (Å²) in [6.45, 7) is 7.07. The Hall–Kier alpha value is -1.16. The van der Waals surface area contributed by atoms with Crippen molar-refractivity contribution in [1.29, 1.82) is 0 Å². The van der Waals surface area contributed by atoms with E-state index in [9.17, 15) is 9.90 Å². The number of nitrogens with zero attached hydrogens (tertiary/aromatic N) is 1. The molecule has 3 unspecified atom stereocenters. The fraction of sp³-hybridized carbons (Fsp3) is 0.833. The van der Waals surface area contributed by atoms with Crippen molar-refractivity contribution in [3.63, 3.8) is 0 Å². The molecule has 4 saturated carbocycles. The number of carbonyl (C=O) groups is 1. The maximum absolute atomic E-state index is 11.1. The van der Waals surface area contributed by atoms with Crippen LogP contribution in [-0.4, -0.2) is 22.2 Å². The van der Waals surface area contributed by atoms with Crippen LogP contribution in [0.4, 0.5) is 0 Å². The Morgan fingerprint density at radius 1 is 1.04 bits per heavy atom. The molecule has 0 spiro atoms. The molecule has 8 atom stereocenters. The molecule has 0 saturated heterocycles. The van der Waals surface area contributed by atoms with Crippen LogP contribution < -0.4 is 0 Å². The number of fused-ring (bicyclic) bond motifs is 5. The van der Waals surface area contributed by atoms with Gasteiger partial charge in [0.15, 0.2) is 6.29 Å². The number of aliphatic hydroxyl groups is 1. The molecule has 4 aliphatic carbocycles. The fourth-order valence-corrected chi connectivity index (χ4v) is 8.42. The smallest absolute Gasteiger partial charge is 0.171 e. The van der Waals surface area contributed by atoms with Gasteiger partial charge in [0, 0.05) is 12.0 Å². The lowest BCUT2D eigenvalue weighted by atomic mass is 9.44. The zero-order chi connectivity index (χ0) is 19.7. The molecule has 4 fully saturated rings. The highest BCUT2D eigenvalue weighted by atomic mass is 16.5. The van der Waals surface area contributed by atoms with Gasteiger partial charge in [-0.25, -0.2) is 0 Å². The highest BCUT2D eigenvalue weighted by molar-refractivity contribution is 5.71. The van der Waals surface area contributed by atoms with Gasteiger partial charge in [-0.15, -0.1) is 0 Å². The van der Waals surface area contributed by atoms with E-state index in [2.05, 4.69) is 19.0 Å². The van der Waals surface area contributed by atoms with Gasteiger partial charge in [-0.05, 0) is 99.2 Å². The van der Waals surface area contributed by atoms with Crippen molar-refractivity contribution in [2.45, 2.75) is 90.1 Å². The summed E-state index contributed by atoms with van der Waals surface area (Å²) in [5.74, 6) is 4.38. The first-order valence-corrected chi connectivity index (χ1v) is 11.4. The average Bonchev–Trinajstić information content (AvgIpc) is 3.25. The number of hydrogen-bond acceptors (Lipinski definition) is 4. The Labute approximate surface area is 168 Å². The molecule has 0 aliphatic heterocycles. The Morgan fingerprint density at radius 3 is 2.57 bits per heavy atom. The number of hydrogen-bond donors (Lipinski definition) is 1. The molecule has 1 aromatic rings. The quantitative estimate of drug-likeness (QED) is 0.696. The van der Waals surface area contributed by atoms with Gasteiger partial charge in [-0.3, -0.25) is 4.79 Å². The van der Waals surface area contributed by atoms with Crippen LogP contribution in [0.2, 0.25) is 0 Å². The maximum atomic E-state index is 11.1. The molecule has 0 amide bonds. The highest BCUT2D eigenvalue weighted by Gasteiger charge is 2.61. The molecule has 1 N–H and O–H groups in total. The average molecular weight is 386 g/mol. The van der Waals surface area contributed by atoms with E-state index in [-0.39, 0.29) is 5.41 Å². The largest absolute Gasteiger partial charge is 0.390 e. The third-order valence-corrected chi connectivity index (χ3v) is 9.96. The lowest BCUT2D eigenvalue weighted by Crippen LogP contribution is -2.55. The van der Waals surface area contributed by atoms with Crippen LogP contribution in [0.3, 0.4) is 0 Å². The first kappa shape index (κ1) is 18.8. The highest BCUT2D eigenvalue weighted by Crippen LogP contribution is 2.69. The van der Waals surface area contributed by atoms with Crippen molar-refractivity contribution in [3.05, 3.63) is 17.5 Å². The van der Waals surface area contributed by atoms with Gasteiger partial charge >= 0.3 is 0 Å². The number of carbonyl (C=O) groups excluding carboxylic acids is 1. The lowest BCUT2D eigenvalue weighted by Gasteiger charge is -2.61. The van der Waals surface area contributed by atoms with Gasteiger partial charge < -0.3 is 9.63 Å². The van der Waals surface area contributed by atoms with Crippen molar-refractivity contribution < 1.29 is 14.4 Å². The maximum Gasteiger partial charge on any atom is 0.171 e. The van der Waals surface area contributed by atoms with Crippen LogP contribution in [0, 0.1) is 34.5 Å². The molecule has 0 aromatic carbocycles. The van der Waals surface area contributed by atoms with E-state index in [1.54, 1.807) is 0 Å². The fourth-order valence-electron chi connectivity index (χ4n) is 8.42. The van der Waals surface area contributed by atoms with E-state index < -0.39 is 5.60 Å². The van der Waals surface area contributed by atoms with E-state index in [0.717, 1.165) is 49.1 Å². The second-order valence-electron chi connectivity index (χ2n) is 11.3. The number of aldehydes is 1. The van der Waals surface area contributed by atoms with Crippen molar-refractivity contribution in [2.75, 3.05) is 0 Å². The van der Waals surface area contributed by atoms with Gasteiger partial charge in [-0.2, -0.15) is 0 Å². The summed E-state index contributed by atoms with van der Waals surface area (Å²) in [4.78, 5) is 11.1. The molecule has 4 heteroatoms. The van der Waals surface area contributed by atoms with Crippen LogP contribution in [0.1, 0.15) is 101 Å². The van der Waals surface area contributed by atoms with Gasteiger partial charge in [0.2, 0.25) is 0 Å². The van der Waals surface area contributed by atoms with Crippen molar-refractivity contribution in [3.8, 4) is 0 Å². The molecule has 154 valence electrons. The summed E-state index contributed by atoms with van der Waals surface area (Å²) in [5.41, 5.74) is 0.644. The van der Waals surface area contributed by atoms with Crippen LogP contribution in [0.15, 0.2) is 10.6 Å². The Bertz CT molecular complexity index is 770. The van der Waals surface area contributed by atoms with Crippen LogP contribution in [0.25, 0.3) is 0 Å². The molecular formula is C24H35NO3. The number of rotatable bonds is 2. The molecule has 0 radical (unpaired) electrons. The van der Waals surface area contributed by atoms with E-state index in [0.29, 0.717) is 22.9 Å². The molecule has 5 rings (SSSR count). The van der Waals surface area contributed by atoms with E-state index in [1.165, 1.54) is 38.5 Å². The minimum absolute atomic E-state index is 0.268. The monoisotopic (exact) mass is 385 g/mol. The second-order valence-corrected chi connectivity index (χ2v) is 11.3.